The van der Waals surface area contributed by atoms with E-state index in [1.54, 1.807) is 11.3 Å². The molecular formula is C14H19N3S. The van der Waals surface area contributed by atoms with Crippen LogP contribution in [0, 0.1) is 6.92 Å². The molecule has 4 heteroatoms. The molecule has 0 fully saturated rings. The van der Waals surface area contributed by atoms with Crippen LogP contribution in [0.5, 0.6) is 0 Å². The first-order valence-electron chi connectivity index (χ1n) is 6.04. The van der Waals surface area contributed by atoms with Crippen LogP contribution in [0.3, 0.4) is 0 Å². The van der Waals surface area contributed by atoms with E-state index in [-0.39, 0.29) is 6.04 Å². The Balaban J connectivity index is 2.06. The third kappa shape index (κ3) is 3.09. The van der Waals surface area contributed by atoms with Crippen LogP contribution >= 0.6 is 11.3 Å². The molecule has 0 radical (unpaired) electrons. The summed E-state index contributed by atoms with van der Waals surface area (Å²) in [6, 6.07) is 8.48. The maximum absolute atomic E-state index is 5.84. The van der Waals surface area contributed by atoms with Crippen LogP contribution in [0.25, 0.3) is 0 Å². The largest absolute Gasteiger partial charge is 0.369 e. The molecule has 0 amide bonds. The lowest BCUT2D eigenvalue weighted by molar-refractivity contribution is 0.816. The number of aromatic nitrogens is 1. The highest BCUT2D eigenvalue weighted by Crippen LogP contribution is 2.19. The zero-order valence-electron chi connectivity index (χ0n) is 11.1. The minimum atomic E-state index is 0.0885. The van der Waals surface area contributed by atoms with Crippen molar-refractivity contribution >= 4 is 17.0 Å². The summed E-state index contributed by atoms with van der Waals surface area (Å²) in [5.41, 5.74) is 9.31. The Labute approximate surface area is 112 Å². The normalized spacial score (nSPS) is 12.4. The van der Waals surface area contributed by atoms with Crippen LogP contribution < -0.4 is 10.6 Å². The number of aryl methyl sites for hydroxylation is 1. The number of thiazole rings is 1. The number of anilines is 1. The van der Waals surface area contributed by atoms with Gasteiger partial charge in [0.15, 0.2) is 0 Å². The molecule has 18 heavy (non-hydrogen) atoms. The second-order valence-corrected chi connectivity index (χ2v) is 5.66. The highest BCUT2D eigenvalue weighted by Gasteiger charge is 2.05. The van der Waals surface area contributed by atoms with Gasteiger partial charge in [0.25, 0.3) is 0 Å². The molecule has 2 aromatic rings. The molecule has 96 valence electrons. The van der Waals surface area contributed by atoms with Crippen LogP contribution in [-0.4, -0.2) is 12.0 Å². The number of nitrogens with two attached hydrogens (primary N) is 1. The number of benzene rings is 1. The van der Waals surface area contributed by atoms with E-state index in [0.717, 1.165) is 22.8 Å². The zero-order chi connectivity index (χ0) is 13.1. The quantitative estimate of drug-likeness (QED) is 0.919. The van der Waals surface area contributed by atoms with E-state index in [2.05, 4.69) is 46.6 Å². The molecule has 1 heterocycles. The summed E-state index contributed by atoms with van der Waals surface area (Å²) in [5, 5.41) is 3.23. The van der Waals surface area contributed by atoms with Gasteiger partial charge in [-0.05, 0) is 31.5 Å². The van der Waals surface area contributed by atoms with E-state index in [1.165, 1.54) is 5.69 Å². The Morgan fingerprint density at radius 1 is 1.33 bits per heavy atom. The lowest BCUT2D eigenvalue weighted by Gasteiger charge is -2.18. The smallest absolute Gasteiger partial charge is 0.0898 e. The molecule has 0 spiro atoms. The highest BCUT2D eigenvalue weighted by molar-refractivity contribution is 7.09. The van der Waals surface area contributed by atoms with Gasteiger partial charge in [0.2, 0.25) is 0 Å². The Morgan fingerprint density at radius 2 is 2.00 bits per heavy atom. The first-order valence-corrected chi connectivity index (χ1v) is 6.92. The van der Waals surface area contributed by atoms with E-state index in [9.17, 15) is 0 Å². The van der Waals surface area contributed by atoms with Gasteiger partial charge in [-0.3, -0.25) is 0 Å². The molecule has 0 saturated carbocycles. The van der Waals surface area contributed by atoms with Gasteiger partial charge in [-0.1, -0.05) is 12.1 Å². The molecule has 1 aromatic heterocycles. The Hall–Kier alpha value is -1.39. The Morgan fingerprint density at radius 3 is 2.50 bits per heavy atom. The maximum Gasteiger partial charge on any atom is 0.0898 e. The van der Waals surface area contributed by atoms with Crippen molar-refractivity contribution in [3.8, 4) is 0 Å². The average molecular weight is 261 g/mol. The third-order valence-corrected chi connectivity index (χ3v) is 3.75. The summed E-state index contributed by atoms with van der Waals surface area (Å²) in [6.07, 6.45) is 0. The fourth-order valence-corrected chi connectivity index (χ4v) is 2.45. The fraction of sp³-hybridized carbons (Fsp3) is 0.357. The predicted octanol–water partition coefficient (Wildman–Crippen LogP) is 3.11. The molecule has 2 N–H and O–H groups in total. The number of nitrogens with zero attached hydrogens (tertiary/aromatic N) is 2. The predicted molar refractivity (Wildman–Crippen MR) is 78.0 cm³/mol. The number of hydrogen-bond acceptors (Lipinski definition) is 4. The Kier molecular flexibility index (Phi) is 3.99. The molecule has 0 bridgehead atoms. The SMILES string of the molecule is Cc1nc(CN(C)c2ccc([C@@H](C)N)cc2)cs1. The monoisotopic (exact) mass is 261 g/mol. The van der Waals surface area contributed by atoms with Gasteiger partial charge in [-0.2, -0.15) is 0 Å². The van der Waals surface area contributed by atoms with Crippen molar-refractivity contribution < 1.29 is 0 Å². The van der Waals surface area contributed by atoms with Crippen LogP contribution in [-0.2, 0) is 6.54 Å². The molecule has 1 aromatic carbocycles. The first-order chi connectivity index (χ1) is 8.56. The van der Waals surface area contributed by atoms with E-state index in [4.69, 9.17) is 5.73 Å². The van der Waals surface area contributed by atoms with Gasteiger partial charge in [0, 0.05) is 24.2 Å². The molecule has 0 aliphatic rings. The minimum Gasteiger partial charge on any atom is -0.369 e. The van der Waals surface area contributed by atoms with Gasteiger partial charge in [0.05, 0.1) is 17.2 Å². The van der Waals surface area contributed by atoms with Gasteiger partial charge in [0.1, 0.15) is 0 Å². The molecule has 0 saturated heterocycles. The second kappa shape index (κ2) is 5.50. The standard InChI is InChI=1S/C14H19N3S/c1-10(15)12-4-6-14(7-5-12)17(3)8-13-9-18-11(2)16-13/h4-7,9-10H,8,15H2,1-3H3/t10-/m1/s1. The zero-order valence-corrected chi connectivity index (χ0v) is 11.9. The van der Waals surface area contributed by atoms with Crippen LogP contribution in [0.2, 0.25) is 0 Å². The average Bonchev–Trinajstić information content (AvgIpc) is 2.75. The fourth-order valence-electron chi connectivity index (χ4n) is 1.85. The van der Waals surface area contributed by atoms with Crippen LogP contribution in [0.15, 0.2) is 29.6 Å². The summed E-state index contributed by atoms with van der Waals surface area (Å²) in [5.74, 6) is 0. The molecule has 1 atom stereocenters. The van der Waals surface area contributed by atoms with Crippen molar-refractivity contribution in [2.45, 2.75) is 26.4 Å². The molecular weight excluding hydrogens is 242 g/mol. The van der Waals surface area contributed by atoms with Crippen molar-refractivity contribution in [3.63, 3.8) is 0 Å². The summed E-state index contributed by atoms with van der Waals surface area (Å²) in [6.45, 7) is 4.87. The van der Waals surface area contributed by atoms with E-state index in [1.807, 2.05) is 13.8 Å². The molecule has 0 aliphatic heterocycles. The highest BCUT2D eigenvalue weighted by atomic mass is 32.1. The third-order valence-electron chi connectivity index (χ3n) is 2.93. The summed E-state index contributed by atoms with van der Waals surface area (Å²) < 4.78 is 0. The lowest BCUT2D eigenvalue weighted by Crippen LogP contribution is -2.16. The number of hydrogen-bond donors (Lipinski definition) is 1. The van der Waals surface area contributed by atoms with Crippen molar-refractivity contribution in [2.75, 3.05) is 11.9 Å². The Bertz CT molecular complexity index is 502. The van der Waals surface area contributed by atoms with Gasteiger partial charge >= 0.3 is 0 Å². The minimum absolute atomic E-state index is 0.0885. The van der Waals surface area contributed by atoms with E-state index in [0.29, 0.717) is 0 Å². The molecule has 2 rings (SSSR count). The van der Waals surface area contributed by atoms with Crippen LogP contribution in [0.1, 0.15) is 29.2 Å². The van der Waals surface area contributed by atoms with Crippen molar-refractivity contribution in [1.29, 1.82) is 0 Å². The number of rotatable bonds is 4. The van der Waals surface area contributed by atoms with Gasteiger partial charge in [-0.15, -0.1) is 11.3 Å². The lowest BCUT2D eigenvalue weighted by atomic mass is 10.1. The summed E-state index contributed by atoms with van der Waals surface area (Å²) in [7, 11) is 2.08. The van der Waals surface area contributed by atoms with Gasteiger partial charge < -0.3 is 10.6 Å². The summed E-state index contributed by atoms with van der Waals surface area (Å²) >= 11 is 1.69. The van der Waals surface area contributed by atoms with Crippen molar-refractivity contribution in [3.05, 3.63) is 45.9 Å². The summed E-state index contributed by atoms with van der Waals surface area (Å²) in [4.78, 5) is 6.67. The molecule has 0 aliphatic carbocycles. The maximum atomic E-state index is 5.84. The van der Waals surface area contributed by atoms with E-state index < -0.39 is 0 Å². The van der Waals surface area contributed by atoms with E-state index >= 15 is 0 Å². The van der Waals surface area contributed by atoms with Crippen molar-refractivity contribution in [2.24, 2.45) is 5.73 Å². The van der Waals surface area contributed by atoms with Crippen molar-refractivity contribution in [1.82, 2.24) is 4.98 Å². The first kappa shape index (κ1) is 13.1. The second-order valence-electron chi connectivity index (χ2n) is 4.59. The van der Waals surface area contributed by atoms with Crippen LogP contribution in [0.4, 0.5) is 5.69 Å². The topological polar surface area (TPSA) is 42.2 Å². The molecule has 0 unspecified atom stereocenters. The molecule has 3 nitrogen and oxygen atoms in total. The van der Waals surface area contributed by atoms with Gasteiger partial charge in [-0.25, -0.2) is 4.98 Å².